The summed E-state index contributed by atoms with van der Waals surface area (Å²) < 4.78 is 4.82. The maximum Gasteiger partial charge on any atom is 0.326 e. The summed E-state index contributed by atoms with van der Waals surface area (Å²) in [6, 6.07) is -1.12. The number of amides is 2. The Hall–Kier alpha value is -1.30. The minimum absolute atomic E-state index is 0.177. The Labute approximate surface area is 107 Å². The molecule has 1 atom stereocenters. The fourth-order valence-corrected chi connectivity index (χ4v) is 2.13. The van der Waals surface area contributed by atoms with E-state index in [1.165, 1.54) is 13.5 Å². The molecule has 3 N–H and O–H groups in total. The van der Waals surface area contributed by atoms with Crippen LogP contribution in [0, 0.1) is 0 Å². The van der Waals surface area contributed by atoms with Crippen LogP contribution in [0.15, 0.2) is 0 Å². The van der Waals surface area contributed by atoms with Gasteiger partial charge in [0.2, 0.25) is 0 Å². The molecular weight excluding hydrogens is 236 g/mol. The van der Waals surface area contributed by atoms with Crippen molar-refractivity contribution in [2.45, 2.75) is 50.6 Å². The van der Waals surface area contributed by atoms with Gasteiger partial charge < -0.3 is 20.5 Å². The van der Waals surface area contributed by atoms with Crippen molar-refractivity contribution in [1.82, 2.24) is 10.6 Å². The smallest absolute Gasteiger partial charge is 0.326 e. The number of nitrogens with one attached hydrogen (secondary N) is 2. The number of carbonyl (C=O) groups excluding carboxylic acids is 1. The van der Waals surface area contributed by atoms with Gasteiger partial charge in [0.25, 0.3) is 0 Å². The zero-order valence-electron chi connectivity index (χ0n) is 10.8. The molecule has 1 saturated carbocycles. The summed E-state index contributed by atoms with van der Waals surface area (Å²) in [5, 5.41) is 14.3. The van der Waals surface area contributed by atoms with E-state index < -0.39 is 18.0 Å². The lowest BCUT2D eigenvalue weighted by molar-refractivity contribution is -0.139. The van der Waals surface area contributed by atoms with Crippen molar-refractivity contribution in [2.75, 3.05) is 13.7 Å². The van der Waals surface area contributed by atoms with Crippen molar-refractivity contribution in [3.63, 3.8) is 0 Å². The monoisotopic (exact) mass is 258 g/mol. The van der Waals surface area contributed by atoms with Gasteiger partial charge in [-0.25, -0.2) is 9.59 Å². The van der Waals surface area contributed by atoms with E-state index in [-0.39, 0.29) is 12.5 Å². The molecule has 0 spiro atoms. The van der Waals surface area contributed by atoms with E-state index in [2.05, 4.69) is 10.6 Å². The quantitative estimate of drug-likeness (QED) is 0.666. The first-order chi connectivity index (χ1) is 8.63. The zero-order chi connectivity index (χ0) is 13.4. The molecule has 0 aromatic heterocycles. The van der Waals surface area contributed by atoms with Crippen LogP contribution in [-0.2, 0) is 9.53 Å². The average Bonchev–Trinajstić information content (AvgIpc) is 2.35. The van der Waals surface area contributed by atoms with Crippen LogP contribution >= 0.6 is 0 Å². The van der Waals surface area contributed by atoms with Crippen LogP contribution in [0.1, 0.15) is 38.5 Å². The highest BCUT2D eigenvalue weighted by Gasteiger charge is 2.21. The fourth-order valence-electron chi connectivity index (χ4n) is 2.13. The van der Waals surface area contributed by atoms with Gasteiger partial charge in [-0.1, -0.05) is 19.3 Å². The van der Waals surface area contributed by atoms with Gasteiger partial charge in [-0.2, -0.15) is 0 Å². The predicted molar refractivity (Wildman–Crippen MR) is 66.5 cm³/mol. The number of carboxylic acids is 1. The van der Waals surface area contributed by atoms with E-state index in [0.29, 0.717) is 6.61 Å². The number of carbonyl (C=O) groups is 2. The Morgan fingerprint density at radius 3 is 2.56 bits per heavy atom. The maximum atomic E-state index is 11.7. The number of urea groups is 1. The Bertz CT molecular complexity index is 277. The van der Waals surface area contributed by atoms with Crippen molar-refractivity contribution in [3.05, 3.63) is 0 Å². The fraction of sp³-hybridized carbons (Fsp3) is 0.833. The number of hydrogen-bond acceptors (Lipinski definition) is 3. The zero-order valence-corrected chi connectivity index (χ0v) is 10.8. The van der Waals surface area contributed by atoms with Gasteiger partial charge in [0.15, 0.2) is 0 Å². The van der Waals surface area contributed by atoms with Crippen molar-refractivity contribution in [3.8, 4) is 0 Å². The summed E-state index contributed by atoms with van der Waals surface area (Å²) in [5.41, 5.74) is 0. The van der Waals surface area contributed by atoms with E-state index in [4.69, 9.17) is 9.84 Å². The minimum atomic E-state index is -1.04. The van der Waals surface area contributed by atoms with Gasteiger partial charge in [-0.05, 0) is 12.8 Å². The summed E-state index contributed by atoms with van der Waals surface area (Å²) in [6.45, 7) is 0.306. The van der Waals surface area contributed by atoms with Crippen molar-refractivity contribution in [1.29, 1.82) is 0 Å². The summed E-state index contributed by atoms with van der Waals surface area (Å²) in [5.74, 6) is -1.04. The van der Waals surface area contributed by atoms with E-state index in [0.717, 1.165) is 25.7 Å². The summed E-state index contributed by atoms with van der Waals surface area (Å²) in [4.78, 5) is 22.6. The van der Waals surface area contributed by atoms with Crippen LogP contribution in [0.4, 0.5) is 4.79 Å². The second-order valence-electron chi connectivity index (χ2n) is 4.63. The molecule has 2 amide bonds. The molecule has 104 valence electrons. The van der Waals surface area contributed by atoms with E-state index in [9.17, 15) is 9.59 Å². The number of hydrogen-bond donors (Lipinski definition) is 3. The predicted octanol–water partition coefficient (Wildman–Crippen LogP) is 1.11. The van der Waals surface area contributed by atoms with E-state index in [1.54, 1.807) is 0 Å². The molecule has 1 unspecified atom stereocenters. The average molecular weight is 258 g/mol. The molecule has 1 aliphatic rings. The lowest BCUT2D eigenvalue weighted by Gasteiger charge is -2.24. The number of aliphatic carboxylic acids is 1. The third-order valence-electron chi connectivity index (χ3n) is 3.15. The largest absolute Gasteiger partial charge is 0.480 e. The Morgan fingerprint density at radius 1 is 1.33 bits per heavy atom. The second kappa shape index (κ2) is 7.92. The van der Waals surface area contributed by atoms with Crippen molar-refractivity contribution >= 4 is 12.0 Å². The highest BCUT2D eigenvalue weighted by atomic mass is 16.5. The van der Waals surface area contributed by atoms with Crippen molar-refractivity contribution < 1.29 is 19.4 Å². The molecular formula is C12H22N2O4. The van der Waals surface area contributed by atoms with Crippen LogP contribution in [-0.4, -0.2) is 42.9 Å². The Balaban J connectivity index is 2.32. The lowest BCUT2D eigenvalue weighted by Crippen LogP contribution is -2.49. The second-order valence-corrected chi connectivity index (χ2v) is 4.63. The molecule has 18 heavy (non-hydrogen) atoms. The highest BCUT2D eigenvalue weighted by Crippen LogP contribution is 2.17. The van der Waals surface area contributed by atoms with Gasteiger partial charge in [0.1, 0.15) is 6.04 Å². The van der Waals surface area contributed by atoms with Crippen LogP contribution < -0.4 is 10.6 Å². The van der Waals surface area contributed by atoms with Gasteiger partial charge in [-0.15, -0.1) is 0 Å². The molecule has 0 saturated heterocycles. The minimum Gasteiger partial charge on any atom is -0.480 e. The summed E-state index contributed by atoms with van der Waals surface area (Å²) in [6.07, 6.45) is 5.68. The third-order valence-corrected chi connectivity index (χ3v) is 3.15. The first-order valence-corrected chi connectivity index (χ1v) is 6.42. The standard InChI is InChI=1S/C12H22N2O4/c1-18-8-7-10(11(15)16)14-12(17)13-9-5-3-2-4-6-9/h9-10H,2-8H2,1H3,(H,15,16)(H2,13,14,17). The van der Waals surface area contributed by atoms with E-state index in [1.807, 2.05) is 0 Å². The summed E-state index contributed by atoms with van der Waals surface area (Å²) in [7, 11) is 1.50. The molecule has 0 aliphatic heterocycles. The number of methoxy groups -OCH3 is 1. The molecule has 0 bridgehead atoms. The molecule has 0 radical (unpaired) electrons. The first kappa shape index (κ1) is 14.8. The normalized spacial score (nSPS) is 18.1. The first-order valence-electron chi connectivity index (χ1n) is 6.42. The maximum absolute atomic E-state index is 11.7. The van der Waals surface area contributed by atoms with Gasteiger partial charge in [0.05, 0.1) is 0 Å². The lowest BCUT2D eigenvalue weighted by atomic mass is 9.96. The summed E-state index contributed by atoms with van der Waals surface area (Å²) >= 11 is 0. The van der Waals surface area contributed by atoms with Gasteiger partial charge in [-0.3, -0.25) is 0 Å². The van der Waals surface area contributed by atoms with Crippen LogP contribution in [0.5, 0.6) is 0 Å². The number of rotatable bonds is 6. The topological polar surface area (TPSA) is 87.7 Å². The SMILES string of the molecule is COCCC(NC(=O)NC1CCCCC1)C(=O)O. The molecule has 0 aromatic carbocycles. The molecule has 6 heteroatoms. The van der Waals surface area contributed by atoms with Gasteiger partial charge >= 0.3 is 12.0 Å². The molecule has 1 aliphatic carbocycles. The molecule has 1 fully saturated rings. The highest BCUT2D eigenvalue weighted by molar-refractivity contribution is 5.82. The number of ether oxygens (including phenoxy) is 1. The Morgan fingerprint density at radius 2 is 2.00 bits per heavy atom. The van der Waals surface area contributed by atoms with Crippen molar-refractivity contribution in [2.24, 2.45) is 0 Å². The third kappa shape index (κ3) is 5.35. The molecule has 6 nitrogen and oxygen atoms in total. The van der Waals surface area contributed by atoms with Crippen LogP contribution in [0.2, 0.25) is 0 Å². The molecule has 1 rings (SSSR count). The molecule has 0 heterocycles. The van der Waals surface area contributed by atoms with Gasteiger partial charge in [0, 0.05) is 26.2 Å². The Kier molecular flexibility index (Phi) is 6.49. The van der Waals surface area contributed by atoms with E-state index >= 15 is 0 Å². The molecule has 0 aromatic rings. The van der Waals surface area contributed by atoms with Crippen LogP contribution in [0.3, 0.4) is 0 Å². The van der Waals surface area contributed by atoms with Crippen LogP contribution in [0.25, 0.3) is 0 Å². The number of carboxylic acid groups (broad SMARTS) is 1.